The van der Waals surface area contributed by atoms with E-state index >= 15 is 0 Å². The third-order valence-electron chi connectivity index (χ3n) is 3.65. The summed E-state index contributed by atoms with van der Waals surface area (Å²) in [6.07, 6.45) is 4.86. The van der Waals surface area contributed by atoms with E-state index < -0.39 is 5.60 Å². The summed E-state index contributed by atoms with van der Waals surface area (Å²) in [5.74, 6) is 0. The standard InChI is InChI=1S/C12H24N2O/c1-12(2,15)6-8-14-7-5-10-3-4-11(9-14)13-10/h10-11,13,15H,3-9H2,1-2H3. The number of aliphatic hydroxyl groups is 1. The molecule has 0 aromatic heterocycles. The average Bonchev–Trinajstić information content (AvgIpc) is 2.43. The Morgan fingerprint density at radius 2 is 2.00 bits per heavy atom. The fourth-order valence-electron chi connectivity index (χ4n) is 2.65. The summed E-state index contributed by atoms with van der Waals surface area (Å²) in [7, 11) is 0. The number of hydrogen-bond donors (Lipinski definition) is 2. The lowest BCUT2D eigenvalue weighted by molar-refractivity contribution is 0.0570. The second kappa shape index (κ2) is 4.40. The van der Waals surface area contributed by atoms with Gasteiger partial charge in [0.2, 0.25) is 0 Å². The highest BCUT2D eigenvalue weighted by Crippen LogP contribution is 2.21. The Morgan fingerprint density at radius 1 is 1.27 bits per heavy atom. The normalized spacial score (nSPS) is 33.0. The van der Waals surface area contributed by atoms with Crippen LogP contribution in [0.15, 0.2) is 0 Å². The minimum atomic E-state index is -0.515. The Labute approximate surface area is 92.8 Å². The Bertz CT molecular complexity index is 212. The minimum absolute atomic E-state index is 0.515. The molecule has 2 rings (SSSR count). The lowest BCUT2D eigenvalue weighted by atomic mass is 10.0. The van der Waals surface area contributed by atoms with E-state index in [1.165, 1.54) is 32.4 Å². The molecule has 2 unspecified atom stereocenters. The van der Waals surface area contributed by atoms with Crippen molar-refractivity contribution in [1.29, 1.82) is 0 Å². The predicted molar refractivity (Wildman–Crippen MR) is 61.9 cm³/mol. The van der Waals surface area contributed by atoms with Crippen LogP contribution >= 0.6 is 0 Å². The van der Waals surface area contributed by atoms with E-state index in [4.69, 9.17) is 0 Å². The van der Waals surface area contributed by atoms with Gasteiger partial charge in [0.25, 0.3) is 0 Å². The van der Waals surface area contributed by atoms with Gasteiger partial charge in [0.1, 0.15) is 0 Å². The number of rotatable bonds is 3. The molecule has 2 aliphatic heterocycles. The first-order valence-electron chi connectivity index (χ1n) is 6.24. The summed E-state index contributed by atoms with van der Waals surface area (Å²) >= 11 is 0. The number of hydrogen-bond acceptors (Lipinski definition) is 3. The monoisotopic (exact) mass is 212 g/mol. The molecular weight excluding hydrogens is 188 g/mol. The highest BCUT2D eigenvalue weighted by Gasteiger charge is 2.29. The third-order valence-corrected chi connectivity index (χ3v) is 3.65. The summed E-state index contributed by atoms with van der Waals surface area (Å²) in [4.78, 5) is 2.51. The molecule has 2 atom stereocenters. The SMILES string of the molecule is CC(C)(O)CCN1CCC2CCC(C1)N2. The summed E-state index contributed by atoms with van der Waals surface area (Å²) in [5.41, 5.74) is -0.515. The van der Waals surface area contributed by atoms with E-state index in [0.717, 1.165) is 19.0 Å². The first-order chi connectivity index (χ1) is 7.03. The van der Waals surface area contributed by atoms with Gasteiger partial charge in [-0.15, -0.1) is 0 Å². The van der Waals surface area contributed by atoms with E-state index in [-0.39, 0.29) is 0 Å². The molecule has 2 saturated heterocycles. The van der Waals surface area contributed by atoms with E-state index in [0.29, 0.717) is 6.04 Å². The molecule has 2 bridgehead atoms. The molecule has 3 nitrogen and oxygen atoms in total. The number of fused-ring (bicyclic) bond motifs is 2. The van der Waals surface area contributed by atoms with Crippen molar-refractivity contribution in [1.82, 2.24) is 10.2 Å². The molecule has 0 amide bonds. The van der Waals surface area contributed by atoms with Gasteiger partial charge in [0, 0.05) is 25.2 Å². The van der Waals surface area contributed by atoms with Crippen LogP contribution in [0.5, 0.6) is 0 Å². The van der Waals surface area contributed by atoms with Crippen molar-refractivity contribution < 1.29 is 5.11 Å². The Morgan fingerprint density at radius 3 is 2.73 bits per heavy atom. The third kappa shape index (κ3) is 3.44. The molecular formula is C12H24N2O. The molecule has 3 heteroatoms. The number of likely N-dealkylation sites (tertiary alicyclic amines) is 1. The van der Waals surface area contributed by atoms with Crippen LogP contribution in [0.3, 0.4) is 0 Å². The van der Waals surface area contributed by atoms with Gasteiger partial charge in [-0.05, 0) is 46.1 Å². The maximum absolute atomic E-state index is 9.71. The fraction of sp³-hybridized carbons (Fsp3) is 1.00. The lowest BCUT2D eigenvalue weighted by Gasteiger charge is -2.27. The van der Waals surface area contributed by atoms with Gasteiger partial charge in [-0.1, -0.05) is 0 Å². The lowest BCUT2D eigenvalue weighted by Crippen LogP contribution is -2.37. The van der Waals surface area contributed by atoms with Crippen molar-refractivity contribution in [2.75, 3.05) is 19.6 Å². The Kier molecular flexibility index (Phi) is 3.33. The van der Waals surface area contributed by atoms with Crippen molar-refractivity contribution in [2.45, 2.75) is 57.2 Å². The molecule has 2 N–H and O–H groups in total. The van der Waals surface area contributed by atoms with Gasteiger partial charge < -0.3 is 15.3 Å². The van der Waals surface area contributed by atoms with Crippen molar-refractivity contribution in [2.24, 2.45) is 0 Å². The van der Waals surface area contributed by atoms with Gasteiger partial charge in [-0.3, -0.25) is 0 Å². The van der Waals surface area contributed by atoms with E-state index in [1.807, 2.05) is 13.8 Å². The molecule has 15 heavy (non-hydrogen) atoms. The minimum Gasteiger partial charge on any atom is -0.390 e. The average molecular weight is 212 g/mol. The zero-order chi connectivity index (χ0) is 10.9. The molecule has 0 radical (unpaired) electrons. The molecule has 0 aliphatic carbocycles. The van der Waals surface area contributed by atoms with Crippen molar-refractivity contribution in [3.05, 3.63) is 0 Å². The summed E-state index contributed by atoms with van der Waals surface area (Å²) < 4.78 is 0. The van der Waals surface area contributed by atoms with Crippen LogP contribution in [0.4, 0.5) is 0 Å². The molecule has 88 valence electrons. The first kappa shape index (κ1) is 11.4. The maximum Gasteiger partial charge on any atom is 0.0603 e. The predicted octanol–water partition coefficient (Wildman–Crippen LogP) is 0.974. The zero-order valence-corrected chi connectivity index (χ0v) is 10.00. The topological polar surface area (TPSA) is 35.5 Å². The summed E-state index contributed by atoms with van der Waals surface area (Å²) in [6, 6.07) is 1.47. The fourth-order valence-corrected chi connectivity index (χ4v) is 2.65. The number of nitrogens with zero attached hydrogens (tertiary/aromatic N) is 1. The van der Waals surface area contributed by atoms with E-state index in [9.17, 15) is 5.11 Å². The van der Waals surface area contributed by atoms with Crippen LogP contribution in [-0.2, 0) is 0 Å². The van der Waals surface area contributed by atoms with Gasteiger partial charge in [-0.25, -0.2) is 0 Å². The van der Waals surface area contributed by atoms with E-state index in [2.05, 4.69) is 10.2 Å². The van der Waals surface area contributed by atoms with Crippen molar-refractivity contribution in [3.63, 3.8) is 0 Å². The van der Waals surface area contributed by atoms with Crippen LogP contribution in [-0.4, -0.2) is 47.3 Å². The van der Waals surface area contributed by atoms with Crippen molar-refractivity contribution >= 4 is 0 Å². The molecule has 2 aliphatic rings. The molecule has 0 aromatic carbocycles. The van der Waals surface area contributed by atoms with Gasteiger partial charge >= 0.3 is 0 Å². The summed E-state index contributed by atoms with van der Waals surface area (Å²) in [5, 5.41) is 13.4. The van der Waals surface area contributed by atoms with Crippen LogP contribution in [0.1, 0.15) is 39.5 Å². The quantitative estimate of drug-likeness (QED) is 0.732. The van der Waals surface area contributed by atoms with E-state index in [1.54, 1.807) is 0 Å². The first-order valence-corrected chi connectivity index (χ1v) is 6.24. The smallest absolute Gasteiger partial charge is 0.0603 e. The molecule has 0 spiro atoms. The second-order valence-corrected chi connectivity index (χ2v) is 5.79. The Hall–Kier alpha value is -0.120. The van der Waals surface area contributed by atoms with Gasteiger partial charge in [-0.2, -0.15) is 0 Å². The largest absolute Gasteiger partial charge is 0.390 e. The van der Waals surface area contributed by atoms with Crippen LogP contribution in [0, 0.1) is 0 Å². The maximum atomic E-state index is 9.71. The van der Waals surface area contributed by atoms with Crippen LogP contribution in [0.2, 0.25) is 0 Å². The zero-order valence-electron chi connectivity index (χ0n) is 10.00. The van der Waals surface area contributed by atoms with Crippen LogP contribution < -0.4 is 5.32 Å². The molecule has 2 heterocycles. The Balaban J connectivity index is 1.78. The highest BCUT2D eigenvalue weighted by atomic mass is 16.3. The molecule has 2 fully saturated rings. The number of nitrogens with one attached hydrogen (secondary N) is 1. The van der Waals surface area contributed by atoms with Crippen molar-refractivity contribution in [3.8, 4) is 0 Å². The second-order valence-electron chi connectivity index (χ2n) is 5.79. The van der Waals surface area contributed by atoms with Gasteiger partial charge in [0.05, 0.1) is 5.60 Å². The van der Waals surface area contributed by atoms with Crippen LogP contribution in [0.25, 0.3) is 0 Å². The highest BCUT2D eigenvalue weighted by molar-refractivity contribution is 4.89. The molecule has 0 aromatic rings. The molecule has 0 saturated carbocycles. The van der Waals surface area contributed by atoms with Gasteiger partial charge in [0.15, 0.2) is 0 Å². The summed E-state index contributed by atoms with van der Waals surface area (Å²) in [6.45, 7) is 7.20.